The molecule has 1 saturated heterocycles. The number of halogens is 2. The summed E-state index contributed by atoms with van der Waals surface area (Å²) >= 11 is 13.1. The number of hydrogen-bond acceptors (Lipinski definition) is 5. The number of nitrogens with zero attached hydrogens (tertiary/aromatic N) is 4. The number of aromatic amines is 1. The fraction of sp³-hybridized carbons (Fsp3) is 0.476. The number of aromatic nitrogens is 4. The molecule has 2 aliphatic rings. The van der Waals surface area contributed by atoms with Crippen LogP contribution in [0.5, 0.6) is 0 Å². The van der Waals surface area contributed by atoms with Gasteiger partial charge in [0.25, 0.3) is 0 Å². The summed E-state index contributed by atoms with van der Waals surface area (Å²) in [5.74, 6) is 0.161. The largest absolute Gasteiger partial charge is 0.379 e. The van der Waals surface area contributed by atoms with Crippen LogP contribution in [-0.4, -0.2) is 70.2 Å². The van der Waals surface area contributed by atoms with E-state index >= 15 is 0 Å². The van der Waals surface area contributed by atoms with Crippen molar-refractivity contribution in [3.8, 4) is 11.3 Å². The number of morpholine rings is 1. The van der Waals surface area contributed by atoms with Gasteiger partial charge in [-0.25, -0.2) is 0 Å². The fourth-order valence-electron chi connectivity index (χ4n) is 4.58. The summed E-state index contributed by atoms with van der Waals surface area (Å²) in [5.41, 5.74) is 4.30. The van der Waals surface area contributed by atoms with Crippen LogP contribution in [0.15, 0.2) is 12.3 Å². The van der Waals surface area contributed by atoms with Crippen LogP contribution >= 0.6 is 23.2 Å². The van der Waals surface area contributed by atoms with Gasteiger partial charge in [-0.1, -0.05) is 23.2 Å². The zero-order chi connectivity index (χ0) is 21.5. The Labute approximate surface area is 189 Å². The Morgan fingerprint density at radius 2 is 2.10 bits per heavy atom. The molecule has 5 rings (SSSR count). The average Bonchev–Trinajstić information content (AvgIpc) is 3.32. The first-order chi connectivity index (χ1) is 15.0. The van der Waals surface area contributed by atoms with Gasteiger partial charge >= 0.3 is 0 Å². The maximum Gasteiger partial charge on any atom is 0.224 e. The number of carbonyl (C=O) groups is 1. The zero-order valence-corrected chi connectivity index (χ0v) is 18.8. The van der Waals surface area contributed by atoms with E-state index in [1.165, 1.54) is 4.80 Å². The molecule has 1 amide bonds. The SMILES string of the molecule is Cn1ncc(-c2cc(Cl)c(Cl)c3[nH]c4c(c23)CC(=O)NC[C@H]4CCN2CCOCC2)n1. The first-order valence-corrected chi connectivity index (χ1v) is 11.2. The monoisotopic (exact) mass is 462 g/mol. The van der Waals surface area contributed by atoms with E-state index in [-0.39, 0.29) is 18.2 Å². The summed E-state index contributed by atoms with van der Waals surface area (Å²) in [6.45, 7) is 4.97. The summed E-state index contributed by atoms with van der Waals surface area (Å²) in [5, 5.41) is 13.5. The lowest BCUT2D eigenvalue weighted by atomic mass is 9.94. The Morgan fingerprint density at radius 1 is 1.29 bits per heavy atom. The molecule has 1 atom stereocenters. The molecule has 10 heteroatoms. The number of carbonyl (C=O) groups excluding carboxylic acids is 1. The van der Waals surface area contributed by atoms with E-state index < -0.39 is 0 Å². The smallest absolute Gasteiger partial charge is 0.224 e. The second kappa shape index (κ2) is 8.43. The van der Waals surface area contributed by atoms with Gasteiger partial charge in [-0.15, -0.1) is 0 Å². The molecule has 3 aromatic rings. The predicted molar refractivity (Wildman–Crippen MR) is 120 cm³/mol. The third kappa shape index (κ3) is 3.93. The fourth-order valence-corrected chi connectivity index (χ4v) is 4.98. The van der Waals surface area contributed by atoms with E-state index in [1.807, 2.05) is 6.07 Å². The minimum absolute atomic E-state index is 0.00666. The molecule has 1 aromatic carbocycles. The molecule has 0 bridgehead atoms. The van der Waals surface area contributed by atoms with Crippen molar-refractivity contribution in [2.75, 3.05) is 39.4 Å². The Bertz CT molecular complexity index is 1130. The number of amides is 1. The summed E-state index contributed by atoms with van der Waals surface area (Å²) in [6, 6.07) is 1.82. The standard InChI is InChI=1S/C21H24Cl2N6O2/c1-28-25-11-16(27-28)13-8-15(22)19(23)21-18(13)14-9-17(30)24-10-12(20(14)26-21)2-3-29-4-6-31-7-5-29/h8,11-12,26H,2-7,9-10H2,1H3,(H,24,30)/t12-/m1/s1. The van der Waals surface area contributed by atoms with Crippen LogP contribution in [0.3, 0.4) is 0 Å². The van der Waals surface area contributed by atoms with E-state index in [2.05, 4.69) is 25.4 Å². The first kappa shape index (κ1) is 20.8. The number of nitrogens with one attached hydrogen (secondary N) is 2. The van der Waals surface area contributed by atoms with Crippen LogP contribution in [0, 0.1) is 0 Å². The van der Waals surface area contributed by atoms with Crippen molar-refractivity contribution < 1.29 is 9.53 Å². The quantitative estimate of drug-likeness (QED) is 0.622. The number of H-pyrrole nitrogens is 1. The number of ether oxygens (including phenoxy) is 1. The van der Waals surface area contributed by atoms with E-state index in [0.29, 0.717) is 22.3 Å². The van der Waals surface area contributed by atoms with Gasteiger partial charge in [0.15, 0.2) is 0 Å². The lowest BCUT2D eigenvalue weighted by Gasteiger charge is -2.28. The number of benzene rings is 1. The number of fused-ring (bicyclic) bond motifs is 3. The zero-order valence-electron chi connectivity index (χ0n) is 17.3. The molecule has 0 unspecified atom stereocenters. The van der Waals surface area contributed by atoms with Gasteiger partial charge < -0.3 is 15.0 Å². The molecule has 0 spiro atoms. The van der Waals surface area contributed by atoms with E-state index in [9.17, 15) is 4.79 Å². The van der Waals surface area contributed by atoms with Crippen LogP contribution in [0.4, 0.5) is 0 Å². The molecular formula is C21H24Cl2N6O2. The second-order valence-corrected chi connectivity index (χ2v) is 8.91. The van der Waals surface area contributed by atoms with Crippen molar-refractivity contribution in [1.29, 1.82) is 0 Å². The summed E-state index contributed by atoms with van der Waals surface area (Å²) in [4.78, 5) is 20.1. The molecule has 8 nitrogen and oxygen atoms in total. The van der Waals surface area contributed by atoms with Crippen molar-refractivity contribution in [3.05, 3.63) is 33.6 Å². The topological polar surface area (TPSA) is 88.1 Å². The van der Waals surface area contributed by atoms with Gasteiger partial charge in [-0.3, -0.25) is 9.69 Å². The first-order valence-electron chi connectivity index (χ1n) is 10.5. The molecule has 2 N–H and O–H groups in total. The van der Waals surface area contributed by atoms with Gasteiger partial charge in [0.1, 0.15) is 5.69 Å². The van der Waals surface area contributed by atoms with Crippen molar-refractivity contribution in [3.63, 3.8) is 0 Å². The second-order valence-electron chi connectivity index (χ2n) is 8.13. The maximum absolute atomic E-state index is 12.6. The molecule has 2 aromatic heterocycles. The van der Waals surface area contributed by atoms with Gasteiger partial charge in [0.05, 0.1) is 41.4 Å². The van der Waals surface area contributed by atoms with E-state index in [0.717, 1.165) is 67.0 Å². The molecular weight excluding hydrogens is 439 g/mol. The minimum Gasteiger partial charge on any atom is -0.379 e. The van der Waals surface area contributed by atoms with Crippen molar-refractivity contribution in [1.82, 2.24) is 30.2 Å². The molecule has 0 radical (unpaired) electrons. The predicted octanol–water partition coefficient (Wildman–Crippen LogP) is 2.75. The van der Waals surface area contributed by atoms with Gasteiger partial charge in [-0.2, -0.15) is 15.0 Å². The van der Waals surface area contributed by atoms with E-state index in [1.54, 1.807) is 13.2 Å². The summed E-state index contributed by atoms with van der Waals surface area (Å²) in [6.07, 6.45) is 2.91. The van der Waals surface area contributed by atoms with Gasteiger partial charge in [0, 0.05) is 49.2 Å². The minimum atomic E-state index is 0.00666. The third-order valence-electron chi connectivity index (χ3n) is 6.17. The molecule has 0 aliphatic carbocycles. The van der Waals surface area contributed by atoms with Gasteiger partial charge in [-0.05, 0) is 24.6 Å². The van der Waals surface area contributed by atoms with Crippen molar-refractivity contribution in [2.24, 2.45) is 7.05 Å². The third-order valence-corrected chi connectivity index (χ3v) is 6.96. The number of aryl methyl sites for hydroxylation is 1. The van der Waals surface area contributed by atoms with Crippen LogP contribution in [0.25, 0.3) is 22.2 Å². The number of hydrogen-bond donors (Lipinski definition) is 2. The lowest BCUT2D eigenvalue weighted by molar-refractivity contribution is -0.120. The van der Waals surface area contributed by atoms with Crippen LogP contribution in [-0.2, 0) is 23.0 Å². The summed E-state index contributed by atoms with van der Waals surface area (Å²) in [7, 11) is 1.77. The highest BCUT2D eigenvalue weighted by atomic mass is 35.5. The number of rotatable bonds is 4. The average molecular weight is 463 g/mol. The van der Waals surface area contributed by atoms with Crippen LogP contribution < -0.4 is 5.32 Å². The van der Waals surface area contributed by atoms with Crippen molar-refractivity contribution in [2.45, 2.75) is 18.8 Å². The Morgan fingerprint density at radius 3 is 2.84 bits per heavy atom. The molecule has 31 heavy (non-hydrogen) atoms. The Balaban J connectivity index is 1.60. The highest BCUT2D eigenvalue weighted by Crippen LogP contribution is 2.42. The van der Waals surface area contributed by atoms with E-state index in [4.69, 9.17) is 27.9 Å². The highest BCUT2D eigenvalue weighted by Gasteiger charge is 2.29. The lowest BCUT2D eigenvalue weighted by Crippen LogP contribution is -2.38. The van der Waals surface area contributed by atoms with Crippen LogP contribution in [0.2, 0.25) is 10.0 Å². The maximum atomic E-state index is 12.6. The van der Waals surface area contributed by atoms with Gasteiger partial charge in [0.2, 0.25) is 5.91 Å². The molecule has 1 fully saturated rings. The molecule has 0 saturated carbocycles. The van der Waals surface area contributed by atoms with Crippen LogP contribution in [0.1, 0.15) is 23.6 Å². The Hall–Kier alpha value is -2.13. The molecule has 2 aliphatic heterocycles. The molecule has 164 valence electrons. The molecule has 4 heterocycles. The summed E-state index contributed by atoms with van der Waals surface area (Å²) < 4.78 is 5.46. The Kier molecular flexibility index (Phi) is 5.64. The highest BCUT2D eigenvalue weighted by molar-refractivity contribution is 6.45. The van der Waals surface area contributed by atoms with Crippen molar-refractivity contribution >= 4 is 40.0 Å². The normalized spacial score (nSPS) is 20.0.